The van der Waals surface area contributed by atoms with E-state index in [1.54, 1.807) is 0 Å². The molecule has 2 unspecified atom stereocenters. The topological polar surface area (TPSA) is 105 Å². The first-order chi connectivity index (χ1) is 14.2. The monoisotopic (exact) mass is 431 g/mol. The lowest BCUT2D eigenvalue weighted by Gasteiger charge is -2.31. The van der Waals surface area contributed by atoms with E-state index >= 15 is 0 Å². The maximum Gasteiger partial charge on any atom is 0.472 e. The Bertz CT molecular complexity index is 1010. The molecule has 2 atom stereocenters. The number of phosphoric acid groups is 1. The summed E-state index contributed by atoms with van der Waals surface area (Å²) in [5, 5.41) is 3.43. The highest BCUT2D eigenvalue weighted by molar-refractivity contribution is 7.46. The van der Waals surface area contributed by atoms with Crippen molar-refractivity contribution in [3.05, 3.63) is 58.7 Å². The number of aryl methyl sites for hydroxylation is 2. The van der Waals surface area contributed by atoms with Gasteiger partial charge in [0, 0.05) is 18.7 Å². The molecule has 1 aliphatic carbocycles. The summed E-state index contributed by atoms with van der Waals surface area (Å²) >= 11 is 0. The van der Waals surface area contributed by atoms with Crippen molar-refractivity contribution in [1.29, 1.82) is 0 Å². The quantitative estimate of drug-likeness (QED) is 0.474. The van der Waals surface area contributed by atoms with E-state index in [0.29, 0.717) is 24.5 Å². The summed E-state index contributed by atoms with van der Waals surface area (Å²) in [6.45, 7) is 4.10. The first kappa shape index (κ1) is 21.1. The highest BCUT2D eigenvalue weighted by atomic mass is 31.2. The van der Waals surface area contributed by atoms with E-state index in [2.05, 4.69) is 15.9 Å². The molecule has 0 saturated heterocycles. The van der Waals surface area contributed by atoms with Crippen molar-refractivity contribution >= 4 is 19.3 Å². The second-order valence-electron chi connectivity index (χ2n) is 8.15. The van der Waals surface area contributed by atoms with Gasteiger partial charge < -0.3 is 19.8 Å². The molecule has 0 bridgehead atoms. The first-order valence-corrected chi connectivity index (χ1v) is 11.5. The van der Waals surface area contributed by atoms with Gasteiger partial charge in [-0.25, -0.2) is 9.09 Å². The van der Waals surface area contributed by atoms with Crippen LogP contribution in [0.25, 0.3) is 0 Å². The number of benzene rings is 2. The first-order valence-electron chi connectivity index (χ1n) is 10.0. The minimum absolute atomic E-state index is 0.211. The Labute approximate surface area is 175 Å². The Balaban J connectivity index is 1.57. The third-order valence-corrected chi connectivity index (χ3v) is 6.89. The van der Waals surface area contributed by atoms with Crippen molar-refractivity contribution in [2.75, 3.05) is 18.7 Å². The molecule has 3 N–H and O–H groups in total. The van der Waals surface area contributed by atoms with Crippen LogP contribution in [0.5, 0.6) is 5.75 Å². The lowest BCUT2D eigenvalue weighted by molar-refractivity contribution is -0.122. The molecule has 1 heterocycles. The zero-order chi connectivity index (χ0) is 21.5. The Hall–Kier alpha value is -2.18. The van der Waals surface area contributed by atoms with Gasteiger partial charge in [0.2, 0.25) is 0 Å². The van der Waals surface area contributed by atoms with Gasteiger partial charge in [-0.3, -0.25) is 4.79 Å². The van der Waals surface area contributed by atoms with Gasteiger partial charge in [0.25, 0.3) is 0 Å². The Morgan fingerprint density at radius 3 is 2.60 bits per heavy atom. The maximum absolute atomic E-state index is 13.0. The summed E-state index contributed by atoms with van der Waals surface area (Å²) in [5.74, 6) is 1.02. The van der Waals surface area contributed by atoms with Gasteiger partial charge >= 0.3 is 7.82 Å². The largest absolute Gasteiger partial charge is 0.472 e. The molecule has 8 heteroatoms. The predicted molar refractivity (Wildman–Crippen MR) is 113 cm³/mol. The van der Waals surface area contributed by atoms with E-state index in [0.717, 1.165) is 35.2 Å². The molecule has 4 rings (SSSR count). The zero-order valence-electron chi connectivity index (χ0n) is 17.1. The molecule has 2 aromatic carbocycles. The SMILES string of the molecule is Cc1cc(OCOP(=O)(O)O)cc(C)c1CC1CCC(=O)C12CNc1ccccc12. The smallest absolute Gasteiger partial charge is 0.467 e. The Kier molecular flexibility index (Phi) is 5.49. The van der Waals surface area contributed by atoms with Gasteiger partial charge in [0.05, 0.1) is 5.41 Å². The van der Waals surface area contributed by atoms with Crippen molar-refractivity contribution in [3.63, 3.8) is 0 Å². The number of fused-ring (bicyclic) bond motifs is 2. The molecule has 0 radical (unpaired) electrons. The Morgan fingerprint density at radius 1 is 1.20 bits per heavy atom. The number of anilines is 1. The number of ketones is 1. The van der Waals surface area contributed by atoms with E-state index in [9.17, 15) is 9.36 Å². The molecule has 0 aromatic heterocycles. The number of Topliss-reactive ketones (excluding diaryl/α,β-unsaturated/α-hetero) is 1. The predicted octanol–water partition coefficient (Wildman–Crippen LogP) is 3.63. The van der Waals surface area contributed by atoms with Crippen LogP contribution in [0.3, 0.4) is 0 Å². The van der Waals surface area contributed by atoms with Gasteiger partial charge in [-0.15, -0.1) is 0 Å². The number of phosphoric ester groups is 1. The highest BCUT2D eigenvalue weighted by Gasteiger charge is 2.54. The molecule has 1 spiro atoms. The molecule has 1 saturated carbocycles. The summed E-state index contributed by atoms with van der Waals surface area (Å²) in [6.07, 6.45) is 2.25. The minimum Gasteiger partial charge on any atom is -0.467 e. The van der Waals surface area contributed by atoms with Gasteiger partial charge in [0.15, 0.2) is 6.79 Å². The molecule has 160 valence electrons. The number of carbonyl (C=O) groups excluding carboxylic acids is 1. The molecule has 2 aliphatic rings. The molecule has 1 aliphatic heterocycles. The standard InChI is InChI=1S/C22H26NO6P/c1-14-9-17(28-13-29-30(25,26)27)10-15(2)18(14)11-16-7-8-21(24)22(16)12-23-20-6-4-3-5-19(20)22/h3-6,9-10,16,23H,7-8,11-13H2,1-2H3,(H2,25,26,27). The van der Waals surface area contributed by atoms with E-state index in [4.69, 9.17) is 14.5 Å². The molecule has 2 aromatic rings. The van der Waals surface area contributed by atoms with E-state index < -0.39 is 20.0 Å². The van der Waals surface area contributed by atoms with E-state index in [1.165, 1.54) is 5.56 Å². The summed E-state index contributed by atoms with van der Waals surface area (Å²) < 4.78 is 20.5. The van der Waals surface area contributed by atoms with Crippen LogP contribution in [0.1, 0.15) is 35.1 Å². The number of para-hydroxylation sites is 1. The number of hydrogen-bond donors (Lipinski definition) is 3. The fraction of sp³-hybridized carbons (Fsp3) is 0.409. The third kappa shape index (κ3) is 3.79. The second kappa shape index (κ2) is 7.82. The van der Waals surface area contributed by atoms with Crippen LogP contribution in [0.15, 0.2) is 36.4 Å². The van der Waals surface area contributed by atoms with Gasteiger partial charge in [0.1, 0.15) is 11.5 Å². The summed E-state index contributed by atoms with van der Waals surface area (Å²) in [4.78, 5) is 30.6. The van der Waals surface area contributed by atoms with Crippen molar-refractivity contribution in [3.8, 4) is 5.75 Å². The van der Waals surface area contributed by atoms with Crippen LogP contribution in [0, 0.1) is 19.8 Å². The molecule has 7 nitrogen and oxygen atoms in total. The van der Waals surface area contributed by atoms with Crippen LogP contribution < -0.4 is 10.1 Å². The number of nitrogens with one attached hydrogen (secondary N) is 1. The van der Waals surface area contributed by atoms with Gasteiger partial charge in [-0.2, -0.15) is 0 Å². The van der Waals surface area contributed by atoms with Gasteiger partial charge in [-0.05, 0) is 73.1 Å². The molecular weight excluding hydrogens is 405 g/mol. The average molecular weight is 431 g/mol. The van der Waals surface area contributed by atoms with Crippen molar-refractivity contribution in [1.82, 2.24) is 0 Å². The van der Waals surface area contributed by atoms with Crippen LogP contribution in [-0.2, 0) is 25.7 Å². The van der Waals surface area contributed by atoms with Crippen LogP contribution in [0.4, 0.5) is 5.69 Å². The number of hydrogen-bond acceptors (Lipinski definition) is 5. The Morgan fingerprint density at radius 2 is 1.90 bits per heavy atom. The normalized spacial score (nSPS) is 22.9. The summed E-state index contributed by atoms with van der Waals surface area (Å²) in [6, 6.07) is 11.8. The zero-order valence-corrected chi connectivity index (χ0v) is 17.9. The second-order valence-corrected chi connectivity index (χ2v) is 9.39. The van der Waals surface area contributed by atoms with Crippen LogP contribution >= 0.6 is 7.82 Å². The minimum atomic E-state index is -4.57. The van der Waals surface area contributed by atoms with Crippen molar-refractivity contribution < 1.29 is 28.4 Å². The molecular formula is C22H26NO6P. The number of carbonyl (C=O) groups is 1. The lowest BCUT2D eigenvalue weighted by Crippen LogP contribution is -2.40. The maximum atomic E-state index is 13.0. The number of ether oxygens (including phenoxy) is 1. The fourth-order valence-corrected chi connectivity index (χ4v) is 5.21. The van der Waals surface area contributed by atoms with Crippen molar-refractivity contribution in [2.24, 2.45) is 5.92 Å². The molecule has 30 heavy (non-hydrogen) atoms. The molecule has 0 amide bonds. The van der Waals surface area contributed by atoms with E-state index in [-0.39, 0.29) is 5.92 Å². The van der Waals surface area contributed by atoms with Gasteiger partial charge in [-0.1, -0.05) is 18.2 Å². The number of rotatable bonds is 6. The average Bonchev–Trinajstić information content (AvgIpc) is 3.20. The van der Waals surface area contributed by atoms with Crippen LogP contribution in [0.2, 0.25) is 0 Å². The highest BCUT2D eigenvalue weighted by Crippen LogP contribution is 2.50. The summed E-state index contributed by atoms with van der Waals surface area (Å²) in [5.41, 5.74) is 4.93. The lowest BCUT2D eigenvalue weighted by atomic mass is 9.70. The van der Waals surface area contributed by atoms with Crippen LogP contribution in [-0.4, -0.2) is 28.9 Å². The van der Waals surface area contributed by atoms with Crippen molar-refractivity contribution in [2.45, 2.75) is 38.5 Å². The fourth-order valence-electron chi connectivity index (χ4n) is 5.02. The summed E-state index contributed by atoms with van der Waals surface area (Å²) in [7, 11) is -4.57. The third-order valence-electron chi connectivity index (χ3n) is 6.45. The molecule has 1 fully saturated rings. The van der Waals surface area contributed by atoms with E-state index in [1.807, 2.05) is 44.2 Å².